The molecule has 0 spiro atoms. The van der Waals surface area contributed by atoms with Gasteiger partial charge in [0.25, 0.3) is 0 Å². The molecule has 1 rings (SSSR count). The standard InChI is InChI=1S/C5H11N3O2/c6-8-7-2-1-5-9-3-4-10-5/h5H,1-4H2,(H2,6,7). The first-order valence-electron chi connectivity index (χ1n) is 3.23. The summed E-state index contributed by atoms with van der Waals surface area (Å²) in [5.41, 5.74) is 0. The summed E-state index contributed by atoms with van der Waals surface area (Å²) >= 11 is 0. The molecule has 0 aromatic heterocycles. The van der Waals surface area contributed by atoms with Crippen molar-refractivity contribution in [3.8, 4) is 0 Å². The van der Waals surface area contributed by atoms with Crippen LogP contribution in [0, 0.1) is 0 Å². The first kappa shape index (κ1) is 7.43. The zero-order valence-corrected chi connectivity index (χ0v) is 5.69. The SMILES string of the molecule is NN=NCCC1OCCO1. The van der Waals surface area contributed by atoms with Gasteiger partial charge in [-0.25, -0.2) is 0 Å². The monoisotopic (exact) mass is 145 g/mol. The van der Waals surface area contributed by atoms with Crippen molar-refractivity contribution >= 4 is 0 Å². The Morgan fingerprint density at radius 1 is 1.40 bits per heavy atom. The molecule has 0 aromatic carbocycles. The highest BCUT2D eigenvalue weighted by Crippen LogP contribution is 2.06. The van der Waals surface area contributed by atoms with Crippen LogP contribution in [0.2, 0.25) is 0 Å². The molecule has 1 heterocycles. The molecule has 0 aromatic rings. The summed E-state index contributed by atoms with van der Waals surface area (Å²) in [7, 11) is 0. The van der Waals surface area contributed by atoms with Gasteiger partial charge in [0.05, 0.1) is 19.8 Å². The predicted octanol–water partition coefficient (Wildman–Crippen LogP) is 0.0753. The number of nitrogens with zero attached hydrogens (tertiary/aromatic N) is 2. The normalized spacial score (nSPS) is 20.8. The number of rotatable bonds is 3. The Labute approximate surface area is 59.2 Å². The fourth-order valence-corrected chi connectivity index (χ4v) is 0.795. The van der Waals surface area contributed by atoms with E-state index in [4.69, 9.17) is 15.3 Å². The summed E-state index contributed by atoms with van der Waals surface area (Å²) in [5, 5.41) is 6.69. The minimum Gasteiger partial charge on any atom is -0.350 e. The van der Waals surface area contributed by atoms with Crippen LogP contribution in [0.15, 0.2) is 10.3 Å². The van der Waals surface area contributed by atoms with Gasteiger partial charge in [0.1, 0.15) is 0 Å². The van der Waals surface area contributed by atoms with Gasteiger partial charge in [-0.2, -0.15) is 5.11 Å². The average molecular weight is 145 g/mol. The van der Waals surface area contributed by atoms with Crippen LogP contribution in [0.5, 0.6) is 0 Å². The molecule has 1 saturated heterocycles. The van der Waals surface area contributed by atoms with Crippen LogP contribution in [0.3, 0.4) is 0 Å². The minimum absolute atomic E-state index is 0.0921. The maximum Gasteiger partial charge on any atom is 0.159 e. The minimum atomic E-state index is -0.0921. The van der Waals surface area contributed by atoms with Gasteiger partial charge in [-0.15, -0.1) is 0 Å². The number of hydrogen-bond donors (Lipinski definition) is 1. The van der Waals surface area contributed by atoms with Gasteiger partial charge in [0, 0.05) is 6.42 Å². The van der Waals surface area contributed by atoms with E-state index in [1.165, 1.54) is 0 Å². The highest BCUT2D eigenvalue weighted by atomic mass is 16.7. The first-order chi connectivity index (χ1) is 4.93. The average Bonchev–Trinajstić information content (AvgIpc) is 2.41. The van der Waals surface area contributed by atoms with Gasteiger partial charge in [-0.05, 0) is 0 Å². The summed E-state index contributed by atoms with van der Waals surface area (Å²) < 4.78 is 10.3. The molecular weight excluding hydrogens is 134 g/mol. The number of nitrogens with two attached hydrogens (primary N) is 1. The number of hydrogen-bond acceptors (Lipinski definition) is 4. The van der Waals surface area contributed by atoms with Crippen LogP contribution in [-0.4, -0.2) is 26.0 Å². The van der Waals surface area contributed by atoms with Crippen LogP contribution < -0.4 is 5.84 Å². The molecule has 1 aliphatic rings. The van der Waals surface area contributed by atoms with Gasteiger partial charge < -0.3 is 15.3 Å². The molecule has 5 heteroatoms. The van der Waals surface area contributed by atoms with E-state index in [1.54, 1.807) is 0 Å². The molecule has 1 fully saturated rings. The van der Waals surface area contributed by atoms with Crippen LogP contribution in [-0.2, 0) is 9.47 Å². The second kappa shape index (κ2) is 4.19. The zero-order chi connectivity index (χ0) is 7.23. The van der Waals surface area contributed by atoms with Crippen molar-refractivity contribution in [3.05, 3.63) is 0 Å². The topological polar surface area (TPSA) is 69.2 Å². The first-order valence-corrected chi connectivity index (χ1v) is 3.23. The molecule has 0 unspecified atom stereocenters. The van der Waals surface area contributed by atoms with Crippen molar-refractivity contribution in [3.63, 3.8) is 0 Å². The van der Waals surface area contributed by atoms with E-state index in [-0.39, 0.29) is 6.29 Å². The Bertz CT molecular complexity index is 111. The van der Waals surface area contributed by atoms with Crippen molar-refractivity contribution in [2.75, 3.05) is 19.8 Å². The lowest BCUT2D eigenvalue weighted by molar-refractivity contribution is -0.0447. The third-order valence-electron chi connectivity index (χ3n) is 1.24. The molecule has 0 atom stereocenters. The lowest BCUT2D eigenvalue weighted by atomic mass is 10.4. The molecule has 2 N–H and O–H groups in total. The van der Waals surface area contributed by atoms with E-state index in [9.17, 15) is 0 Å². The van der Waals surface area contributed by atoms with Crippen molar-refractivity contribution in [1.29, 1.82) is 0 Å². The highest BCUT2D eigenvalue weighted by molar-refractivity contribution is 4.52. The second-order valence-corrected chi connectivity index (χ2v) is 1.94. The zero-order valence-electron chi connectivity index (χ0n) is 5.69. The Kier molecular flexibility index (Phi) is 3.11. The van der Waals surface area contributed by atoms with Gasteiger partial charge >= 0.3 is 0 Å². The Morgan fingerprint density at radius 3 is 2.70 bits per heavy atom. The van der Waals surface area contributed by atoms with E-state index >= 15 is 0 Å². The summed E-state index contributed by atoms with van der Waals surface area (Å²) in [6.07, 6.45) is 0.645. The maximum absolute atomic E-state index is 5.13. The van der Waals surface area contributed by atoms with Gasteiger partial charge in [-0.3, -0.25) is 0 Å². The molecule has 0 aliphatic carbocycles. The molecule has 0 bridgehead atoms. The fraction of sp³-hybridized carbons (Fsp3) is 1.00. The van der Waals surface area contributed by atoms with Crippen LogP contribution in [0.1, 0.15) is 6.42 Å². The summed E-state index contributed by atoms with van der Waals surface area (Å²) in [6, 6.07) is 0. The Balaban J connectivity index is 2.01. The third-order valence-corrected chi connectivity index (χ3v) is 1.24. The van der Waals surface area contributed by atoms with Crippen molar-refractivity contribution in [2.45, 2.75) is 12.7 Å². The summed E-state index contributed by atoms with van der Waals surface area (Å²) in [5.74, 6) is 4.79. The van der Waals surface area contributed by atoms with E-state index in [1.807, 2.05) is 0 Å². The molecule has 5 nitrogen and oxygen atoms in total. The molecular formula is C5H11N3O2. The third kappa shape index (κ3) is 2.28. The smallest absolute Gasteiger partial charge is 0.159 e. The van der Waals surface area contributed by atoms with E-state index in [0.717, 1.165) is 6.42 Å². The van der Waals surface area contributed by atoms with Gasteiger partial charge in [0.15, 0.2) is 6.29 Å². The van der Waals surface area contributed by atoms with Crippen molar-refractivity contribution in [2.24, 2.45) is 16.2 Å². The van der Waals surface area contributed by atoms with Crippen LogP contribution in [0.25, 0.3) is 0 Å². The molecule has 1 aliphatic heterocycles. The van der Waals surface area contributed by atoms with Gasteiger partial charge in [0.2, 0.25) is 0 Å². The molecule has 0 radical (unpaired) electrons. The molecule has 58 valence electrons. The van der Waals surface area contributed by atoms with Gasteiger partial charge in [-0.1, -0.05) is 5.22 Å². The maximum atomic E-state index is 5.13. The Hall–Kier alpha value is -0.680. The van der Waals surface area contributed by atoms with Crippen molar-refractivity contribution in [1.82, 2.24) is 0 Å². The molecule has 10 heavy (non-hydrogen) atoms. The largest absolute Gasteiger partial charge is 0.350 e. The van der Waals surface area contributed by atoms with Crippen LogP contribution >= 0.6 is 0 Å². The second-order valence-electron chi connectivity index (χ2n) is 1.94. The fourth-order valence-electron chi connectivity index (χ4n) is 0.795. The summed E-state index contributed by atoms with van der Waals surface area (Å²) in [6.45, 7) is 1.94. The van der Waals surface area contributed by atoms with E-state index in [2.05, 4.69) is 10.3 Å². The highest BCUT2D eigenvalue weighted by Gasteiger charge is 2.14. The quantitative estimate of drug-likeness (QED) is 0.347. The predicted molar refractivity (Wildman–Crippen MR) is 34.2 cm³/mol. The lowest BCUT2D eigenvalue weighted by Gasteiger charge is -2.04. The number of ether oxygens (including phenoxy) is 2. The molecule has 0 saturated carbocycles. The lowest BCUT2D eigenvalue weighted by Crippen LogP contribution is -2.08. The summed E-state index contributed by atoms with van der Waals surface area (Å²) in [4.78, 5) is 0. The Morgan fingerprint density at radius 2 is 2.10 bits per heavy atom. The van der Waals surface area contributed by atoms with Crippen LogP contribution in [0.4, 0.5) is 0 Å². The molecule has 0 amide bonds. The van der Waals surface area contributed by atoms with E-state index in [0.29, 0.717) is 19.8 Å². The van der Waals surface area contributed by atoms with Crippen molar-refractivity contribution < 1.29 is 9.47 Å². The van der Waals surface area contributed by atoms with E-state index < -0.39 is 0 Å².